The maximum absolute atomic E-state index is 12.3. The first kappa shape index (κ1) is 15.2. The van der Waals surface area contributed by atoms with Crippen LogP contribution < -0.4 is 16.0 Å². The third-order valence-corrected chi connectivity index (χ3v) is 4.83. The predicted octanol–water partition coefficient (Wildman–Crippen LogP) is 0.0813. The van der Waals surface area contributed by atoms with Crippen molar-refractivity contribution in [3.05, 3.63) is 58.5 Å². The Kier molecular flexibility index (Phi) is 3.33. The van der Waals surface area contributed by atoms with Crippen molar-refractivity contribution in [2.75, 3.05) is 0 Å². The minimum absolute atomic E-state index is 0.414. The quantitative estimate of drug-likeness (QED) is 0.654. The van der Waals surface area contributed by atoms with Crippen LogP contribution in [-0.4, -0.2) is 40.1 Å². The van der Waals surface area contributed by atoms with E-state index in [1.165, 1.54) is 0 Å². The number of carbonyl (C=O) groups is 2. The van der Waals surface area contributed by atoms with Crippen LogP contribution in [0.2, 0.25) is 0 Å². The average molecular weight is 344 g/mol. The molecule has 2 N–H and O–H groups in total. The smallest absolute Gasteiger partial charge is 0.221 e. The Balaban J connectivity index is 1.66. The zero-order valence-electron chi connectivity index (χ0n) is 13.9. The van der Waals surface area contributed by atoms with Crippen LogP contribution in [0.25, 0.3) is 12.2 Å². The number of aromatic nitrogens is 1. The summed E-state index contributed by atoms with van der Waals surface area (Å²) in [7, 11) is 0. The molecule has 128 valence electrons. The fraction of sp³-hybridized carbons (Fsp3) is 0.200. The number of aliphatic imine (C=N–C) groups is 2. The summed E-state index contributed by atoms with van der Waals surface area (Å²) in [4.78, 5) is 37.0. The van der Waals surface area contributed by atoms with Crippen molar-refractivity contribution in [2.24, 2.45) is 9.98 Å². The topological polar surface area (TPSA) is 86.7 Å². The SMILES string of the molecule is O=C1C(=O)C2C=C3CCC(=N3)C=c3ccc([nH]3)=CC3=NC(=CC1N2)C=C3. The molecular formula is C20H16N4O2. The van der Waals surface area contributed by atoms with Gasteiger partial charge in [0, 0.05) is 22.1 Å². The molecule has 4 aliphatic rings. The molecule has 1 aromatic rings. The zero-order chi connectivity index (χ0) is 17.7. The second kappa shape index (κ2) is 5.71. The summed E-state index contributed by atoms with van der Waals surface area (Å²) in [6.45, 7) is 0. The fourth-order valence-corrected chi connectivity index (χ4v) is 3.54. The van der Waals surface area contributed by atoms with Crippen LogP contribution >= 0.6 is 0 Å². The van der Waals surface area contributed by atoms with E-state index in [2.05, 4.69) is 20.3 Å². The molecule has 0 radical (unpaired) electrons. The van der Waals surface area contributed by atoms with E-state index in [4.69, 9.17) is 0 Å². The lowest BCUT2D eigenvalue weighted by atomic mass is 10.1. The molecule has 6 nitrogen and oxygen atoms in total. The number of allylic oxidation sites excluding steroid dienone is 3. The lowest BCUT2D eigenvalue weighted by molar-refractivity contribution is -0.134. The Morgan fingerprint density at radius 1 is 0.885 bits per heavy atom. The van der Waals surface area contributed by atoms with Crippen LogP contribution in [0, 0.1) is 0 Å². The summed E-state index contributed by atoms with van der Waals surface area (Å²) in [6.07, 6.45) is 12.8. The standard InChI is InChI=1S/C20H16N4O2/c25-19-17-9-15-5-3-13(22-15)7-11-1-2-12(21-11)8-14-4-6-16(23-14)10-18(24-17)20(19)26/h1-3,5,7-10,17-18,21,24H,4,6H2. The first-order valence-corrected chi connectivity index (χ1v) is 8.63. The summed E-state index contributed by atoms with van der Waals surface area (Å²) < 4.78 is 0. The Morgan fingerprint density at radius 2 is 1.65 bits per heavy atom. The number of nitrogens with zero attached hydrogens (tertiary/aromatic N) is 2. The van der Waals surface area contributed by atoms with Gasteiger partial charge in [-0.15, -0.1) is 0 Å². The number of fused-ring (bicyclic) bond motifs is 6. The van der Waals surface area contributed by atoms with Crippen molar-refractivity contribution in [2.45, 2.75) is 24.9 Å². The highest BCUT2D eigenvalue weighted by atomic mass is 16.2. The van der Waals surface area contributed by atoms with E-state index in [0.29, 0.717) is 5.70 Å². The van der Waals surface area contributed by atoms with Gasteiger partial charge >= 0.3 is 0 Å². The molecule has 5 heterocycles. The number of rotatable bonds is 0. The highest BCUT2D eigenvalue weighted by Gasteiger charge is 2.38. The molecule has 1 fully saturated rings. The molecular weight excluding hydrogens is 328 g/mol. The van der Waals surface area contributed by atoms with Crippen LogP contribution in [0.1, 0.15) is 12.8 Å². The molecule has 26 heavy (non-hydrogen) atoms. The van der Waals surface area contributed by atoms with E-state index < -0.39 is 23.7 Å². The van der Waals surface area contributed by atoms with Gasteiger partial charge in [0.15, 0.2) is 0 Å². The van der Waals surface area contributed by atoms with Gasteiger partial charge in [-0.1, -0.05) is 0 Å². The van der Waals surface area contributed by atoms with E-state index >= 15 is 0 Å². The highest BCUT2D eigenvalue weighted by Crippen LogP contribution is 2.21. The largest absolute Gasteiger partial charge is 0.355 e. The van der Waals surface area contributed by atoms with Crippen molar-refractivity contribution in [1.29, 1.82) is 0 Å². The first-order chi connectivity index (χ1) is 12.6. The minimum atomic E-state index is -0.645. The van der Waals surface area contributed by atoms with Gasteiger partial charge in [0.1, 0.15) is 0 Å². The van der Waals surface area contributed by atoms with Crippen molar-refractivity contribution in [1.82, 2.24) is 10.3 Å². The molecule has 4 aliphatic heterocycles. The Hall–Kier alpha value is -3.12. The third kappa shape index (κ3) is 2.64. The number of Topliss-reactive ketones (excluding diaryl/α,β-unsaturated/α-hetero) is 2. The second-order valence-electron chi connectivity index (χ2n) is 6.73. The fourth-order valence-electron chi connectivity index (χ4n) is 3.54. The maximum Gasteiger partial charge on any atom is 0.221 e. The molecule has 0 aromatic carbocycles. The molecule has 2 atom stereocenters. The minimum Gasteiger partial charge on any atom is -0.355 e. The molecule has 0 saturated carbocycles. The van der Waals surface area contributed by atoms with Crippen molar-refractivity contribution in [3.63, 3.8) is 0 Å². The maximum atomic E-state index is 12.3. The van der Waals surface area contributed by atoms with Crippen molar-refractivity contribution >= 4 is 35.1 Å². The number of aromatic amines is 1. The van der Waals surface area contributed by atoms with Crippen molar-refractivity contribution in [3.8, 4) is 0 Å². The normalized spacial score (nSPS) is 26.8. The van der Waals surface area contributed by atoms with E-state index in [0.717, 1.165) is 40.7 Å². The Labute approximate surface area is 149 Å². The molecule has 5 rings (SSSR count). The molecule has 6 heteroatoms. The van der Waals surface area contributed by atoms with Gasteiger partial charge in [0.25, 0.3) is 0 Å². The molecule has 2 unspecified atom stereocenters. The lowest BCUT2D eigenvalue weighted by Gasteiger charge is -2.05. The summed E-state index contributed by atoms with van der Waals surface area (Å²) in [5.41, 5.74) is 3.28. The number of hydrogen-bond donors (Lipinski definition) is 2. The molecule has 0 spiro atoms. The Bertz CT molecular complexity index is 1110. The third-order valence-electron chi connectivity index (χ3n) is 4.83. The van der Waals surface area contributed by atoms with Gasteiger partial charge in [-0.3, -0.25) is 19.9 Å². The van der Waals surface area contributed by atoms with E-state index in [-0.39, 0.29) is 0 Å². The van der Waals surface area contributed by atoms with Crippen LogP contribution in [-0.2, 0) is 9.59 Å². The van der Waals surface area contributed by atoms with E-state index in [9.17, 15) is 9.59 Å². The molecule has 1 aromatic heterocycles. The van der Waals surface area contributed by atoms with E-state index in [1.54, 1.807) is 12.2 Å². The van der Waals surface area contributed by atoms with Gasteiger partial charge in [0.05, 0.1) is 23.5 Å². The Morgan fingerprint density at radius 3 is 2.50 bits per heavy atom. The molecule has 1 saturated heterocycles. The first-order valence-electron chi connectivity index (χ1n) is 8.63. The van der Waals surface area contributed by atoms with Crippen LogP contribution in [0.5, 0.6) is 0 Å². The van der Waals surface area contributed by atoms with Gasteiger partial charge in [0.2, 0.25) is 11.6 Å². The molecule has 8 bridgehead atoms. The van der Waals surface area contributed by atoms with Gasteiger partial charge < -0.3 is 4.98 Å². The summed E-state index contributed by atoms with van der Waals surface area (Å²) in [5.74, 6) is -0.838. The van der Waals surface area contributed by atoms with E-state index in [1.807, 2.05) is 36.4 Å². The number of hydrogen-bond acceptors (Lipinski definition) is 5. The summed E-state index contributed by atoms with van der Waals surface area (Å²) >= 11 is 0. The summed E-state index contributed by atoms with van der Waals surface area (Å²) in [6, 6.07) is 2.75. The van der Waals surface area contributed by atoms with Crippen molar-refractivity contribution < 1.29 is 9.59 Å². The molecule has 0 aliphatic carbocycles. The van der Waals surface area contributed by atoms with Gasteiger partial charge in [-0.2, -0.15) is 0 Å². The number of H-pyrrole nitrogens is 1. The van der Waals surface area contributed by atoms with Crippen LogP contribution in [0.3, 0.4) is 0 Å². The summed E-state index contributed by atoms with van der Waals surface area (Å²) in [5, 5.41) is 5.02. The second-order valence-corrected chi connectivity index (χ2v) is 6.73. The van der Waals surface area contributed by atoms with Gasteiger partial charge in [-0.25, -0.2) is 4.99 Å². The zero-order valence-corrected chi connectivity index (χ0v) is 13.9. The predicted molar refractivity (Wildman–Crippen MR) is 99.1 cm³/mol. The van der Waals surface area contributed by atoms with Gasteiger partial charge in [-0.05, 0) is 61.4 Å². The van der Waals surface area contributed by atoms with Crippen LogP contribution in [0.15, 0.2) is 57.8 Å². The lowest BCUT2D eigenvalue weighted by Crippen LogP contribution is -2.29. The molecule has 0 amide bonds. The monoisotopic (exact) mass is 344 g/mol. The highest BCUT2D eigenvalue weighted by molar-refractivity contribution is 6.44. The number of carbonyl (C=O) groups excluding carboxylic acids is 2. The number of ketones is 2. The number of nitrogens with one attached hydrogen (secondary N) is 2. The average Bonchev–Trinajstić information content (AvgIpc) is 3.38. The van der Waals surface area contributed by atoms with Crippen LogP contribution in [0.4, 0.5) is 0 Å².